The van der Waals surface area contributed by atoms with E-state index in [0.29, 0.717) is 18.9 Å². The van der Waals surface area contributed by atoms with Crippen LogP contribution in [-0.4, -0.2) is 43.6 Å². The number of hydrogen-bond donors (Lipinski definition) is 1. The van der Waals surface area contributed by atoms with Crippen molar-refractivity contribution in [1.82, 2.24) is 24.6 Å². The van der Waals surface area contributed by atoms with E-state index in [4.69, 9.17) is 0 Å². The lowest BCUT2D eigenvalue weighted by Crippen LogP contribution is -2.32. The second kappa shape index (κ2) is 6.98. The van der Waals surface area contributed by atoms with Crippen LogP contribution in [0.25, 0.3) is 0 Å². The minimum atomic E-state index is 0.152. The lowest BCUT2D eigenvalue weighted by Gasteiger charge is -2.25. The van der Waals surface area contributed by atoms with Gasteiger partial charge in [0.1, 0.15) is 0 Å². The summed E-state index contributed by atoms with van der Waals surface area (Å²) in [6, 6.07) is 1.92. The molecule has 1 fully saturated rings. The van der Waals surface area contributed by atoms with Crippen LogP contribution in [0.4, 0.5) is 5.95 Å². The second-order valence-electron chi connectivity index (χ2n) is 6.20. The first-order valence-corrected chi connectivity index (χ1v) is 8.38. The predicted octanol–water partition coefficient (Wildman–Crippen LogP) is 1.99. The van der Waals surface area contributed by atoms with Crippen molar-refractivity contribution in [3.05, 3.63) is 35.4 Å². The van der Waals surface area contributed by atoms with Gasteiger partial charge in [-0.05, 0) is 32.8 Å². The molecule has 0 bridgehead atoms. The maximum atomic E-state index is 12.7. The van der Waals surface area contributed by atoms with Crippen LogP contribution in [0.15, 0.2) is 18.5 Å². The lowest BCUT2D eigenvalue weighted by atomic mass is 10.0. The van der Waals surface area contributed by atoms with Crippen molar-refractivity contribution in [2.24, 2.45) is 7.05 Å². The van der Waals surface area contributed by atoms with Crippen LogP contribution < -0.4 is 5.32 Å². The molecule has 7 nitrogen and oxygen atoms in total. The number of amides is 1. The average Bonchev–Trinajstić information content (AvgIpc) is 3.13. The first kappa shape index (κ1) is 16.4. The number of aryl methyl sites for hydroxylation is 2. The third-order valence-electron chi connectivity index (χ3n) is 4.66. The molecule has 0 radical (unpaired) electrons. The van der Waals surface area contributed by atoms with Crippen LogP contribution in [-0.2, 0) is 11.8 Å². The van der Waals surface area contributed by atoms with E-state index in [2.05, 4.69) is 27.3 Å². The fraction of sp³-hybridized carbons (Fsp3) is 0.529. The van der Waals surface area contributed by atoms with Crippen molar-refractivity contribution in [3.8, 4) is 0 Å². The van der Waals surface area contributed by atoms with Crippen molar-refractivity contribution in [1.29, 1.82) is 0 Å². The summed E-state index contributed by atoms with van der Waals surface area (Å²) in [5.74, 6) is 0.728. The molecule has 0 saturated carbocycles. The summed E-state index contributed by atoms with van der Waals surface area (Å²) < 4.78 is 1.90. The fourth-order valence-electron chi connectivity index (χ4n) is 3.45. The van der Waals surface area contributed by atoms with Gasteiger partial charge in [0.25, 0.3) is 0 Å². The predicted molar refractivity (Wildman–Crippen MR) is 91.5 cm³/mol. The molecule has 0 aliphatic carbocycles. The van der Waals surface area contributed by atoms with Crippen LogP contribution >= 0.6 is 0 Å². The van der Waals surface area contributed by atoms with Gasteiger partial charge >= 0.3 is 0 Å². The summed E-state index contributed by atoms with van der Waals surface area (Å²) >= 11 is 0. The van der Waals surface area contributed by atoms with Gasteiger partial charge in [-0.3, -0.25) is 9.48 Å². The van der Waals surface area contributed by atoms with Crippen LogP contribution in [0, 0.1) is 13.8 Å². The number of hydrogen-bond acceptors (Lipinski definition) is 5. The number of nitrogens with zero attached hydrogens (tertiary/aromatic N) is 5. The number of aromatic nitrogens is 4. The lowest BCUT2D eigenvalue weighted by molar-refractivity contribution is -0.131. The Balaban J connectivity index is 1.63. The molecule has 2 aromatic heterocycles. The van der Waals surface area contributed by atoms with Gasteiger partial charge in [-0.1, -0.05) is 0 Å². The molecule has 24 heavy (non-hydrogen) atoms. The first-order chi connectivity index (χ1) is 11.6. The SMILES string of the molecule is Cc1nn(C)c(C)c1[C@@H]1CCCN1C(=O)CCNc1ncccn1. The largest absolute Gasteiger partial charge is 0.354 e. The minimum absolute atomic E-state index is 0.152. The summed E-state index contributed by atoms with van der Waals surface area (Å²) in [5.41, 5.74) is 3.38. The van der Waals surface area contributed by atoms with Gasteiger partial charge in [0.15, 0.2) is 0 Å². The average molecular weight is 328 g/mol. The maximum Gasteiger partial charge on any atom is 0.224 e. The van der Waals surface area contributed by atoms with Crippen molar-refractivity contribution < 1.29 is 4.79 Å². The van der Waals surface area contributed by atoms with E-state index in [1.54, 1.807) is 18.5 Å². The number of nitrogens with one attached hydrogen (secondary N) is 1. The molecule has 1 N–H and O–H groups in total. The van der Waals surface area contributed by atoms with E-state index in [9.17, 15) is 4.79 Å². The van der Waals surface area contributed by atoms with Gasteiger partial charge in [0.2, 0.25) is 11.9 Å². The molecule has 7 heteroatoms. The summed E-state index contributed by atoms with van der Waals surface area (Å²) in [6.07, 6.45) is 5.85. The Hall–Kier alpha value is -2.44. The van der Waals surface area contributed by atoms with E-state index in [-0.39, 0.29) is 11.9 Å². The van der Waals surface area contributed by atoms with Crippen molar-refractivity contribution in [3.63, 3.8) is 0 Å². The molecular weight excluding hydrogens is 304 g/mol. The Morgan fingerprint density at radius 2 is 2.08 bits per heavy atom. The van der Waals surface area contributed by atoms with E-state index in [1.165, 1.54) is 5.56 Å². The molecule has 1 atom stereocenters. The maximum absolute atomic E-state index is 12.7. The molecule has 1 aliphatic heterocycles. The van der Waals surface area contributed by atoms with Crippen molar-refractivity contribution >= 4 is 11.9 Å². The van der Waals surface area contributed by atoms with Gasteiger partial charge in [-0.15, -0.1) is 0 Å². The van der Waals surface area contributed by atoms with Crippen LogP contribution in [0.3, 0.4) is 0 Å². The Bertz CT molecular complexity index is 711. The number of anilines is 1. The Morgan fingerprint density at radius 1 is 1.33 bits per heavy atom. The van der Waals surface area contributed by atoms with Crippen molar-refractivity contribution in [2.45, 2.75) is 39.2 Å². The van der Waals surface area contributed by atoms with Crippen LogP contribution in [0.5, 0.6) is 0 Å². The molecular formula is C17H24N6O. The highest BCUT2D eigenvalue weighted by Crippen LogP contribution is 2.35. The molecule has 1 saturated heterocycles. The molecule has 1 amide bonds. The fourth-order valence-corrected chi connectivity index (χ4v) is 3.45. The van der Waals surface area contributed by atoms with E-state index in [1.807, 2.05) is 23.6 Å². The van der Waals surface area contributed by atoms with Gasteiger partial charge in [0, 0.05) is 50.2 Å². The monoisotopic (exact) mass is 328 g/mol. The normalized spacial score (nSPS) is 17.3. The smallest absolute Gasteiger partial charge is 0.224 e. The van der Waals surface area contributed by atoms with E-state index >= 15 is 0 Å². The molecule has 2 aromatic rings. The third kappa shape index (κ3) is 3.25. The molecule has 0 unspecified atom stereocenters. The summed E-state index contributed by atoms with van der Waals surface area (Å²) in [6.45, 7) is 5.46. The van der Waals surface area contributed by atoms with Crippen LogP contribution in [0.2, 0.25) is 0 Å². The summed E-state index contributed by atoms with van der Waals surface area (Å²) in [7, 11) is 1.96. The summed E-state index contributed by atoms with van der Waals surface area (Å²) in [4.78, 5) is 22.9. The topological polar surface area (TPSA) is 75.9 Å². The molecule has 0 spiro atoms. The Morgan fingerprint density at radius 3 is 2.75 bits per heavy atom. The first-order valence-electron chi connectivity index (χ1n) is 8.38. The van der Waals surface area contributed by atoms with Gasteiger partial charge in [-0.2, -0.15) is 5.10 Å². The van der Waals surface area contributed by atoms with Gasteiger partial charge in [-0.25, -0.2) is 9.97 Å². The zero-order valence-electron chi connectivity index (χ0n) is 14.5. The highest BCUT2D eigenvalue weighted by Gasteiger charge is 2.33. The number of likely N-dealkylation sites (tertiary alicyclic amines) is 1. The number of carbonyl (C=O) groups excluding carboxylic acids is 1. The van der Waals surface area contributed by atoms with Gasteiger partial charge in [0.05, 0.1) is 11.7 Å². The number of rotatable bonds is 5. The van der Waals surface area contributed by atoms with Crippen molar-refractivity contribution in [2.75, 3.05) is 18.4 Å². The standard InChI is InChI=1S/C17H24N6O/c1-12-16(13(2)22(3)21-12)14-6-4-11-23(14)15(24)7-10-20-17-18-8-5-9-19-17/h5,8-9,14H,4,6-7,10-11H2,1-3H3,(H,18,19,20)/t14-/m0/s1. The molecule has 128 valence electrons. The van der Waals surface area contributed by atoms with Crippen LogP contribution in [0.1, 0.15) is 42.3 Å². The zero-order chi connectivity index (χ0) is 17.1. The quantitative estimate of drug-likeness (QED) is 0.908. The number of carbonyl (C=O) groups is 1. The second-order valence-corrected chi connectivity index (χ2v) is 6.20. The Kier molecular flexibility index (Phi) is 4.78. The molecule has 1 aliphatic rings. The molecule has 3 heterocycles. The summed E-state index contributed by atoms with van der Waals surface area (Å²) in [5, 5.41) is 7.59. The zero-order valence-corrected chi connectivity index (χ0v) is 14.5. The van der Waals surface area contributed by atoms with E-state index < -0.39 is 0 Å². The molecule has 3 rings (SSSR count). The highest BCUT2D eigenvalue weighted by atomic mass is 16.2. The van der Waals surface area contributed by atoms with E-state index in [0.717, 1.165) is 30.8 Å². The van der Waals surface area contributed by atoms with Gasteiger partial charge < -0.3 is 10.2 Å². The molecule has 0 aromatic carbocycles. The minimum Gasteiger partial charge on any atom is -0.354 e. The third-order valence-corrected chi connectivity index (χ3v) is 4.66. The highest BCUT2D eigenvalue weighted by molar-refractivity contribution is 5.77. The Labute approximate surface area is 142 Å².